The Morgan fingerprint density at radius 2 is 1.32 bits per heavy atom. The number of nitrogens with one attached hydrogen (secondary N) is 3. The summed E-state index contributed by atoms with van der Waals surface area (Å²) < 4.78 is 0. The fourth-order valence-electron chi connectivity index (χ4n) is 3.19. The molecule has 0 aliphatic carbocycles. The molecule has 3 rings (SSSR count). The van der Waals surface area contributed by atoms with Crippen LogP contribution in [0.5, 0.6) is 0 Å². The fraction of sp³-hybridized carbons (Fsp3) is 0.227. The SMILES string of the molecule is CC(=O)Nc1ccc(Nc2cc(Nc3c(C)cc(C)cc3C)nc(C)n2)cc1. The number of hydrogen-bond acceptors (Lipinski definition) is 5. The standard InChI is InChI=1S/C22H25N5O/c1-13-10-14(2)22(15(3)11-13)27-21-12-20(23-16(4)24-21)26-19-8-6-18(7-9-19)25-17(5)28/h6-12H,1-5H3,(H,25,28)(H2,23,24,26,27). The molecule has 0 bridgehead atoms. The Morgan fingerprint density at radius 3 is 1.89 bits per heavy atom. The van der Waals surface area contributed by atoms with Gasteiger partial charge in [0.25, 0.3) is 0 Å². The molecule has 0 atom stereocenters. The summed E-state index contributed by atoms with van der Waals surface area (Å²) in [6.07, 6.45) is 0. The molecular formula is C22H25N5O. The zero-order chi connectivity index (χ0) is 20.3. The van der Waals surface area contributed by atoms with Crippen LogP contribution in [0.2, 0.25) is 0 Å². The molecule has 0 aliphatic rings. The number of carbonyl (C=O) groups is 1. The molecule has 1 heterocycles. The van der Waals surface area contributed by atoms with E-state index in [0.29, 0.717) is 11.6 Å². The minimum atomic E-state index is -0.0930. The second-order valence-electron chi connectivity index (χ2n) is 6.97. The van der Waals surface area contributed by atoms with E-state index in [1.54, 1.807) is 0 Å². The summed E-state index contributed by atoms with van der Waals surface area (Å²) in [5.74, 6) is 2.01. The highest BCUT2D eigenvalue weighted by molar-refractivity contribution is 5.88. The Balaban J connectivity index is 1.81. The van der Waals surface area contributed by atoms with Gasteiger partial charge in [-0.2, -0.15) is 0 Å². The molecule has 28 heavy (non-hydrogen) atoms. The Hall–Kier alpha value is -3.41. The van der Waals surface area contributed by atoms with Gasteiger partial charge in [-0.15, -0.1) is 0 Å². The molecule has 0 unspecified atom stereocenters. The van der Waals surface area contributed by atoms with Gasteiger partial charge in [-0.05, 0) is 63.1 Å². The molecule has 6 nitrogen and oxygen atoms in total. The van der Waals surface area contributed by atoms with Crippen molar-refractivity contribution in [3.05, 3.63) is 65.0 Å². The second kappa shape index (κ2) is 8.08. The van der Waals surface area contributed by atoms with Crippen LogP contribution in [-0.4, -0.2) is 15.9 Å². The number of hydrogen-bond donors (Lipinski definition) is 3. The number of anilines is 5. The predicted octanol–water partition coefficient (Wildman–Crippen LogP) is 5.16. The van der Waals surface area contributed by atoms with Crippen molar-refractivity contribution in [3.63, 3.8) is 0 Å². The molecule has 0 spiro atoms. The van der Waals surface area contributed by atoms with E-state index >= 15 is 0 Å². The van der Waals surface area contributed by atoms with Crippen LogP contribution in [0, 0.1) is 27.7 Å². The van der Waals surface area contributed by atoms with E-state index < -0.39 is 0 Å². The van der Waals surface area contributed by atoms with Crippen molar-refractivity contribution < 1.29 is 4.79 Å². The van der Waals surface area contributed by atoms with Gasteiger partial charge >= 0.3 is 0 Å². The minimum Gasteiger partial charge on any atom is -0.340 e. The zero-order valence-electron chi connectivity index (χ0n) is 16.8. The Morgan fingerprint density at radius 1 is 0.786 bits per heavy atom. The maximum atomic E-state index is 11.1. The first-order valence-corrected chi connectivity index (χ1v) is 9.15. The van der Waals surface area contributed by atoms with E-state index in [4.69, 9.17) is 0 Å². The molecule has 144 valence electrons. The number of aromatic nitrogens is 2. The number of carbonyl (C=O) groups excluding carboxylic acids is 1. The first kappa shape index (κ1) is 19.4. The van der Waals surface area contributed by atoms with Crippen molar-refractivity contribution in [2.45, 2.75) is 34.6 Å². The topological polar surface area (TPSA) is 78.9 Å². The summed E-state index contributed by atoms with van der Waals surface area (Å²) in [7, 11) is 0. The predicted molar refractivity (Wildman–Crippen MR) is 115 cm³/mol. The molecule has 1 amide bonds. The first-order valence-electron chi connectivity index (χ1n) is 9.15. The Bertz CT molecular complexity index is 989. The van der Waals surface area contributed by atoms with Crippen molar-refractivity contribution in [2.24, 2.45) is 0 Å². The third kappa shape index (κ3) is 4.85. The Labute approximate surface area is 165 Å². The first-order chi connectivity index (χ1) is 13.3. The lowest BCUT2D eigenvalue weighted by Crippen LogP contribution is -2.05. The summed E-state index contributed by atoms with van der Waals surface area (Å²) in [4.78, 5) is 20.1. The van der Waals surface area contributed by atoms with E-state index in [0.717, 1.165) is 22.9 Å². The largest absolute Gasteiger partial charge is 0.340 e. The van der Waals surface area contributed by atoms with E-state index in [-0.39, 0.29) is 5.91 Å². The minimum absolute atomic E-state index is 0.0930. The summed E-state index contributed by atoms with van der Waals surface area (Å²) in [6, 6.07) is 13.7. The molecule has 0 aliphatic heterocycles. The van der Waals surface area contributed by atoms with Crippen LogP contribution in [0.15, 0.2) is 42.5 Å². The second-order valence-corrected chi connectivity index (χ2v) is 6.97. The molecule has 0 fully saturated rings. The monoisotopic (exact) mass is 375 g/mol. The molecule has 6 heteroatoms. The van der Waals surface area contributed by atoms with Crippen molar-refractivity contribution in [1.82, 2.24) is 9.97 Å². The van der Waals surface area contributed by atoms with Crippen LogP contribution in [0.1, 0.15) is 29.4 Å². The lowest BCUT2D eigenvalue weighted by Gasteiger charge is -2.15. The van der Waals surface area contributed by atoms with E-state index in [2.05, 4.69) is 58.8 Å². The maximum absolute atomic E-state index is 11.1. The third-order valence-corrected chi connectivity index (χ3v) is 4.25. The van der Waals surface area contributed by atoms with Crippen LogP contribution < -0.4 is 16.0 Å². The van der Waals surface area contributed by atoms with Gasteiger partial charge in [0.15, 0.2) is 0 Å². The van der Waals surface area contributed by atoms with Gasteiger partial charge in [0.1, 0.15) is 17.5 Å². The molecule has 3 N–H and O–H groups in total. The van der Waals surface area contributed by atoms with Crippen molar-refractivity contribution in [2.75, 3.05) is 16.0 Å². The molecule has 0 saturated carbocycles. The van der Waals surface area contributed by atoms with Crippen LogP contribution >= 0.6 is 0 Å². The van der Waals surface area contributed by atoms with Gasteiger partial charge < -0.3 is 16.0 Å². The molecule has 0 radical (unpaired) electrons. The van der Waals surface area contributed by atoms with Gasteiger partial charge in [0.05, 0.1) is 0 Å². The van der Waals surface area contributed by atoms with E-state index in [1.807, 2.05) is 37.3 Å². The van der Waals surface area contributed by atoms with Gasteiger partial charge in [0.2, 0.25) is 5.91 Å². The number of benzene rings is 2. The highest BCUT2D eigenvalue weighted by Crippen LogP contribution is 2.27. The van der Waals surface area contributed by atoms with Crippen LogP contribution in [-0.2, 0) is 4.79 Å². The smallest absolute Gasteiger partial charge is 0.221 e. The summed E-state index contributed by atoms with van der Waals surface area (Å²) in [5.41, 5.74) is 6.29. The molecule has 3 aromatic rings. The third-order valence-electron chi connectivity index (χ3n) is 4.25. The normalized spacial score (nSPS) is 10.5. The number of amides is 1. The fourth-order valence-corrected chi connectivity index (χ4v) is 3.19. The molecule has 2 aromatic carbocycles. The van der Waals surface area contributed by atoms with Crippen LogP contribution in [0.3, 0.4) is 0 Å². The van der Waals surface area contributed by atoms with Gasteiger partial charge in [-0.3, -0.25) is 4.79 Å². The van der Waals surface area contributed by atoms with Gasteiger partial charge in [0, 0.05) is 30.1 Å². The van der Waals surface area contributed by atoms with Crippen molar-refractivity contribution in [3.8, 4) is 0 Å². The number of nitrogens with zero attached hydrogens (tertiary/aromatic N) is 2. The highest BCUT2D eigenvalue weighted by atomic mass is 16.1. The lowest BCUT2D eigenvalue weighted by molar-refractivity contribution is -0.114. The van der Waals surface area contributed by atoms with Crippen LogP contribution in [0.4, 0.5) is 28.7 Å². The molecular weight excluding hydrogens is 350 g/mol. The van der Waals surface area contributed by atoms with E-state index in [9.17, 15) is 4.79 Å². The summed E-state index contributed by atoms with van der Waals surface area (Å²) in [6.45, 7) is 9.63. The quantitative estimate of drug-likeness (QED) is 0.574. The van der Waals surface area contributed by atoms with Crippen molar-refractivity contribution >= 4 is 34.6 Å². The highest BCUT2D eigenvalue weighted by Gasteiger charge is 2.08. The van der Waals surface area contributed by atoms with Crippen LogP contribution in [0.25, 0.3) is 0 Å². The summed E-state index contributed by atoms with van der Waals surface area (Å²) >= 11 is 0. The number of aryl methyl sites for hydroxylation is 4. The zero-order valence-corrected chi connectivity index (χ0v) is 16.8. The van der Waals surface area contributed by atoms with Gasteiger partial charge in [-0.25, -0.2) is 9.97 Å². The van der Waals surface area contributed by atoms with Crippen molar-refractivity contribution in [1.29, 1.82) is 0 Å². The van der Waals surface area contributed by atoms with E-state index in [1.165, 1.54) is 23.6 Å². The van der Waals surface area contributed by atoms with Gasteiger partial charge in [-0.1, -0.05) is 17.7 Å². The molecule has 0 saturated heterocycles. The molecule has 1 aromatic heterocycles. The maximum Gasteiger partial charge on any atom is 0.221 e. The average molecular weight is 375 g/mol. The number of rotatable bonds is 5. The lowest BCUT2D eigenvalue weighted by atomic mass is 10.1. The summed E-state index contributed by atoms with van der Waals surface area (Å²) in [5, 5.41) is 9.47. The average Bonchev–Trinajstić information content (AvgIpc) is 2.59. The Kier molecular flexibility index (Phi) is 5.59.